The van der Waals surface area contributed by atoms with E-state index in [1.807, 2.05) is 29.8 Å². The van der Waals surface area contributed by atoms with Crippen LogP contribution in [0.4, 0.5) is 0 Å². The molecule has 4 heteroatoms. The van der Waals surface area contributed by atoms with E-state index in [0.717, 1.165) is 27.3 Å². The smallest absolute Gasteiger partial charge is 0.130 e. The molecule has 0 atom stereocenters. The van der Waals surface area contributed by atoms with Crippen LogP contribution in [0.25, 0.3) is 0 Å². The third kappa shape index (κ3) is 2.55. The van der Waals surface area contributed by atoms with E-state index < -0.39 is 0 Å². The van der Waals surface area contributed by atoms with Gasteiger partial charge < -0.3 is 0 Å². The number of rotatable bonds is 3. The molecule has 0 aliphatic heterocycles. The van der Waals surface area contributed by atoms with Gasteiger partial charge in [0.2, 0.25) is 0 Å². The van der Waals surface area contributed by atoms with Crippen molar-refractivity contribution in [3.63, 3.8) is 0 Å². The van der Waals surface area contributed by atoms with Gasteiger partial charge in [-0.05, 0) is 25.0 Å². The molecule has 2 rings (SSSR count). The van der Waals surface area contributed by atoms with Crippen LogP contribution in [-0.2, 0) is 13.0 Å². The quantitative estimate of drug-likeness (QED) is 0.829. The SMILES string of the molecule is CCc1c(C)nn(Cc2ccccc2Br)c1Cl. The fraction of sp³-hybridized carbons (Fsp3) is 0.308. The molecule has 0 spiro atoms. The molecule has 0 aliphatic carbocycles. The maximum atomic E-state index is 6.32. The zero-order valence-corrected chi connectivity index (χ0v) is 12.2. The Labute approximate surface area is 115 Å². The molecule has 0 saturated heterocycles. The second kappa shape index (κ2) is 5.23. The van der Waals surface area contributed by atoms with Crippen LogP contribution in [0, 0.1) is 6.92 Å². The molecule has 90 valence electrons. The second-order valence-corrected chi connectivity index (χ2v) is 5.17. The molecule has 0 amide bonds. The van der Waals surface area contributed by atoms with E-state index in [1.54, 1.807) is 0 Å². The van der Waals surface area contributed by atoms with E-state index in [-0.39, 0.29) is 0 Å². The van der Waals surface area contributed by atoms with Crippen molar-refractivity contribution in [2.45, 2.75) is 26.8 Å². The summed E-state index contributed by atoms with van der Waals surface area (Å²) in [6.07, 6.45) is 0.917. The average Bonchev–Trinajstić information content (AvgIpc) is 2.57. The first-order valence-electron chi connectivity index (χ1n) is 5.58. The predicted molar refractivity (Wildman–Crippen MR) is 74.6 cm³/mol. The van der Waals surface area contributed by atoms with Crippen molar-refractivity contribution in [2.75, 3.05) is 0 Å². The van der Waals surface area contributed by atoms with Crippen LogP contribution >= 0.6 is 27.5 Å². The molecule has 1 heterocycles. The van der Waals surface area contributed by atoms with Crippen molar-refractivity contribution >= 4 is 27.5 Å². The van der Waals surface area contributed by atoms with Gasteiger partial charge in [0, 0.05) is 10.0 Å². The van der Waals surface area contributed by atoms with E-state index >= 15 is 0 Å². The van der Waals surface area contributed by atoms with Gasteiger partial charge in [0.25, 0.3) is 0 Å². The molecule has 0 saturated carbocycles. The molecular formula is C13H14BrClN2. The highest BCUT2D eigenvalue weighted by Crippen LogP contribution is 2.23. The molecule has 0 fully saturated rings. The maximum absolute atomic E-state index is 6.32. The minimum absolute atomic E-state index is 0.696. The first-order chi connectivity index (χ1) is 8.13. The van der Waals surface area contributed by atoms with Crippen molar-refractivity contribution in [2.24, 2.45) is 0 Å². The Kier molecular flexibility index (Phi) is 3.89. The van der Waals surface area contributed by atoms with Gasteiger partial charge in [-0.3, -0.25) is 0 Å². The maximum Gasteiger partial charge on any atom is 0.130 e. The lowest BCUT2D eigenvalue weighted by atomic mass is 10.2. The highest BCUT2D eigenvalue weighted by atomic mass is 79.9. The van der Waals surface area contributed by atoms with Gasteiger partial charge in [0.15, 0.2) is 0 Å². The Balaban J connectivity index is 2.34. The van der Waals surface area contributed by atoms with Gasteiger partial charge in [-0.15, -0.1) is 0 Å². The molecule has 1 aromatic heterocycles. The molecule has 0 radical (unpaired) electrons. The topological polar surface area (TPSA) is 17.8 Å². The van der Waals surface area contributed by atoms with E-state index in [9.17, 15) is 0 Å². The lowest BCUT2D eigenvalue weighted by molar-refractivity contribution is 0.678. The molecule has 0 bridgehead atoms. The molecule has 0 unspecified atom stereocenters. The van der Waals surface area contributed by atoms with Crippen LogP contribution in [0.5, 0.6) is 0 Å². The highest BCUT2D eigenvalue weighted by molar-refractivity contribution is 9.10. The zero-order chi connectivity index (χ0) is 12.4. The lowest BCUT2D eigenvalue weighted by Gasteiger charge is -2.05. The standard InChI is InChI=1S/C13H14BrClN2/c1-3-11-9(2)16-17(13(11)15)8-10-6-4-5-7-12(10)14/h4-7H,3,8H2,1-2H3. The van der Waals surface area contributed by atoms with Crippen LogP contribution in [0.3, 0.4) is 0 Å². The Hall–Kier alpha value is -0.800. The van der Waals surface area contributed by atoms with Crippen molar-refractivity contribution in [3.8, 4) is 0 Å². The third-order valence-corrected chi connectivity index (χ3v) is 4.01. The first kappa shape index (κ1) is 12.7. The molecule has 1 aromatic carbocycles. The summed E-state index contributed by atoms with van der Waals surface area (Å²) >= 11 is 9.85. The van der Waals surface area contributed by atoms with Crippen LogP contribution in [0.1, 0.15) is 23.7 Å². The van der Waals surface area contributed by atoms with Gasteiger partial charge in [-0.25, -0.2) is 4.68 Å². The number of hydrogen-bond acceptors (Lipinski definition) is 1. The predicted octanol–water partition coefficient (Wildman–Crippen LogP) is 4.22. The Morgan fingerprint density at radius 1 is 1.35 bits per heavy atom. The fourth-order valence-corrected chi connectivity index (χ4v) is 2.66. The second-order valence-electron chi connectivity index (χ2n) is 3.96. The van der Waals surface area contributed by atoms with Crippen molar-refractivity contribution in [3.05, 3.63) is 50.7 Å². The summed E-state index contributed by atoms with van der Waals surface area (Å²) in [5.74, 6) is 0. The number of benzene rings is 1. The normalized spacial score (nSPS) is 10.8. The van der Waals surface area contributed by atoms with Crippen molar-refractivity contribution in [1.29, 1.82) is 0 Å². The van der Waals surface area contributed by atoms with Gasteiger partial charge >= 0.3 is 0 Å². The summed E-state index contributed by atoms with van der Waals surface area (Å²) in [5.41, 5.74) is 3.34. The fourth-order valence-electron chi connectivity index (χ4n) is 1.88. The van der Waals surface area contributed by atoms with Gasteiger partial charge in [-0.1, -0.05) is 52.7 Å². The van der Waals surface area contributed by atoms with E-state index in [1.165, 1.54) is 5.56 Å². The lowest BCUT2D eigenvalue weighted by Crippen LogP contribution is -2.02. The number of aromatic nitrogens is 2. The van der Waals surface area contributed by atoms with Crippen LogP contribution < -0.4 is 0 Å². The number of aryl methyl sites for hydroxylation is 1. The Bertz CT molecular complexity index is 534. The van der Waals surface area contributed by atoms with Gasteiger partial charge in [-0.2, -0.15) is 5.10 Å². The summed E-state index contributed by atoms with van der Waals surface area (Å²) in [6, 6.07) is 8.12. The monoisotopic (exact) mass is 312 g/mol. The summed E-state index contributed by atoms with van der Waals surface area (Å²) in [7, 11) is 0. The first-order valence-corrected chi connectivity index (χ1v) is 6.75. The number of hydrogen-bond donors (Lipinski definition) is 0. The minimum atomic E-state index is 0.696. The van der Waals surface area contributed by atoms with Crippen LogP contribution in [0.15, 0.2) is 28.7 Å². The van der Waals surface area contributed by atoms with E-state index in [0.29, 0.717) is 6.54 Å². The largest absolute Gasteiger partial charge is 0.249 e. The molecule has 2 nitrogen and oxygen atoms in total. The third-order valence-electron chi connectivity index (χ3n) is 2.81. The van der Waals surface area contributed by atoms with Gasteiger partial charge in [0.05, 0.1) is 12.2 Å². The summed E-state index contributed by atoms with van der Waals surface area (Å²) in [5, 5.41) is 5.23. The van der Waals surface area contributed by atoms with Gasteiger partial charge in [0.1, 0.15) is 5.15 Å². The molecule has 0 aliphatic rings. The average molecular weight is 314 g/mol. The highest BCUT2D eigenvalue weighted by Gasteiger charge is 2.12. The zero-order valence-electron chi connectivity index (χ0n) is 9.87. The minimum Gasteiger partial charge on any atom is -0.249 e. The van der Waals surface area contributed by atoms with Crippen LogP contribution in [-0.4, -0.2) is 9.78 Å². The van der Waals surface area contributed by atoms with E-state index in [2.05, 4.69) is 34.0 Å². The molecule has 2 aromatic rings. The van der Waals surface area contributed by atoms with Crippen LogP contribution in [0.2, 0.25) is 5.15 Å². The summed E-state index contributed by atoms with van der Waals surface area (Å²) in [6.45, 7) is 4.79. The van der Waals surface area contributed by atoms with Crippen molar-refractivity contribution < 1.29 is 0 Å². The summed E-state index contributed by atoms with van der Waals surface area (Å²) in [4.78, 5) is 0. The summed E-state index contributed by atoms with van der Waals surface area (Å²) < 4.78 is 2.94. The number of nitrogens with zero attached hydrogens (tertiary/aromatic N) is 2. The number of halogens is 2. The molecular weight excluding hydrogens is 300 g/mol. The molecule has 0 N–H and O–H groups in total. The molecule has 17 heavy (non-hydrogen) atoms. The Morgan fingerprint density at radius 2 is 2.06 bits per heavy atom. The van der Waals surface area contributed by atoms with Crippen molar-refractivity contribution in [1.82, 2.24) is 9.78 Å². The Morgan fingerprint density at radius 3 is 2.65 bits per heavy atom. The van der Waals surface area contributed by atoms with E-state index in [4.69, 9.17) is 11.6 Å².